The van der Waals surface area contributed by atoms with Crippen molar-refractivity contribution < 1.29 is 9.53 Å². The predicted molar refractivity (Wildman–Crippen MR) is 61.6 cm³/mol. The van der Waals surface area contributed by atoms with Gasteiger partial charge in [0.2, 0.25) is 5.13 Å². The zero-order chi connectivity index (χ0) is 11.5. The molecule has 1 atom stereocenters. The number of anilines is 1. The molecule has 1 unspecified atom stereocenters. The molecule has 1 aromatic rings. The zero-order valence-electron chi connectivity index (χ0n) is 9.47. The zero-order valence-corrected chi connectivity index (χ0v) is 10.3. The van der Waals surface area contributed by atoms with Crippen LogP contribution in [0.4, 0.5) is 5.13 Å². The number of aryl methyl sites for hydroxylation is 1. The highest BCUT2D eigenvalue weighted by atomic mass is 32.1. The second-order valence-electron chi connectivity index (χ2n) is 3.85. The Bertz CT molecular complexity index is 380. The van der Waals surface area contributed by atoms with Gasteiger partial charge in [-0.2, -0.15) is 4.37 Å². The van der Waals surface area contributed by atoms with E-state index in [1.807, 2.05) is 11.8 Å². The third kappa shape index (κ3) is 2.16. The number of piperidine rings is 1. The third-order valence-electron chi connectivity index (χ3n) is 2.74. The van der Waals surface area contributed by atoms with E-state index < -0.39 is 0 Å². The maximum absolute atomic E-state index is 11.6. The van der Waals surface area contributed by atoms with Crippen molar-refractivity contribution in [2.45, 2.75) is 32.2 Å². The van der Waals surface area contributed by atoms with Gasteiger partial charge in [-0.05, 0) is 26.2 Å². The lowest BCUT2D eigenvalue weighted by molar-refractivity contribution is -0.142. The SMILES string of the molecule is COC(=O)C1CCCCN1c1nc(C)ns1. The second kappa shape index (κ2) is 4.78. The summed E-state index contributed by atoms with van der Waals surface area (Å²) in [5, 5.41) is 0.826. The summed E-state index contributed by atoms with van der Waals surface area (Å²) >= 11 is 1.34. The van der Waals surface area contributed by atoms with Crippen molar-refractivity contribution in [3.05, 3.63) is 5.82 Å². The van der Waals surface area contributed by atoms with E-state index in [0.29, 0.717) is 0 Å². The number of nitrogens with zero attached hydrogens (tertiary/aromatic N) is 3. The van der Waals surface area contributed by atoms with Crippen LogP contribution in [0.1, 0.15) is 25.1 Å². The van der Waals surface area contributed by atoms with Crippen LogP contribution in [0.3, 0.4) is 0 Å². The van der Waals surface area contributed by atoms with Crippen LogP contribution >= 0.6 is 11.5 Å². The fourth-order valence-electron chi connectivity index (χ4n) is 1.94. The molecule has 0 radical (unpaired) electrons. The number of esters is 1. The van der Waals surface area contributed by atoms with Crippen LogP contribution in [-0.4, -0.2) is 35.0 Å². The van der Waals surface area contributed by atoms with Crippen LogP contribution in [0.5, 0.6) is 0 Å². The van der Waals surface area contributed by atoms with Gasteiger partial charge in [0, 0.05) is 18.1 Å². The first-order chi connectivity index (χ1) is 7.72. The molecule has 1 fully saturated rings. The molecule has 0 aromatic carbocycles. The number of hydrogen-bond donors (Lipinski definition) is 0. The van der Waals surface area contributed by atoms with Gasteiger partial charge in [-0.1, -0.05) is 0 Å². The summed E-state index contributed by atoms with van der Waals surface area (Å²) in [6, 6.07) is -0.189. The van der Waals surface area contributed by atoms with Crippen LogP contribution < -0.4 is 4.90 Å². The highest BCUT2D eigenvalue weighted by Crippen LogP contribution is 2.26. The number of rotatable bonds is 2. The van der Waals surface area contributed by atoms with E-state index in [-0.39, 0.29) is 12.0 Å². The largest absolute Gasteiger partial charge is 0.467 e. The molecule has 0 bridgehead atoms. The molecular weight excluding hydrogens is 226 g/mol. The molecule has 2 rings (SSSR count). The van der Waals surface area contributed by atoms with Crippen molar-refractivity contribution in [3.8, 4) is 0 Å². The number of aromatic nitrogens is 2. The topological polar surface area (TPSA) is 55.3 Å². The maximum atomic E-state index is 11.6. The van der Waals surface area contributed by atoms with Gasteiger partial charge in [0.25, 0.3) is 0 Å². The Hall–Kier alpha value is -1.17. The first kappa shape index (κ1) is 11.3. The molecule has 0 aliphatic carbocycles. The molecule has 0 amide bonds. The van der Waals surface area contributed by atoms with Gasteiger partial charge >= 0.3 is 5.97 Å². The van der Waals surface area contributed by atoms with Crippen LogP contribution in [0, 0.1) is 6.92 Å². The Kier molecular flexibility index (Phi) is 3.38. The van der Waals surface area contributed by atoms with Crippen molar-refractivity contribution in [2.24, 2.45) is 0 Å². The molecular formula is C10H15N3O2S. The standard InChI is InChI=1S/C10H15N3O2S/c1-7-11-10(16-12-7)13-6-4-3-5-8(13)9(14)15-2/h8H,3-6H2,1-2H3. The summed E-state index contributed by atoms with van der Waals surface area (Å²) in [6.45, 7) is 2.71. The molecule has 1 aliphatic rings. The smallest absolute Gasteiger partial charge is 0.328 e. The number of ether oxygens (including phenoxy) is 1. The van der Waals surface area contributed by atoms with Crippen LogP contribution in [0.25, 0.3) is 0 Å². The minimum atomic E-state index is -0.189. The highest BCUT2D eigenvalue weighted by molar-refractivity contribution is 7.09. The van der Waals surface area contributed by atoms with Crippen LogP contribution in [-0.2, 0) is 9.53 Å². The van der Waals surface area contributed by atoms with E-state index in [2.05, 4.69) is 9.36 Å². The molecule has 6 heteroatoms. The molecule has 88 valence electrons. The quantitative estimate of drug-likeness (QED) is 0.732. The Morgan fingerprint density at radius 3 is 3.00 bits per heavy atom. The van der Waals surface area contributed by atoms with Gasteiger partial charge in [-0.25, -0.2) is 9.78 Å². The van der Waals surface area contributed by atoms with E-state index in [9.17, 15) is 4.79 Å². The van der Waals surface area contributed by atoms with Crippen molar-refractivity contribution in [1.82, 2.24) is 9.36 Å². The molecule has 1 aliphatic heterocycles. The molecule has 0 saturated carbocycles. The fourth-order valence-corrected chi connectivity index (χ4v) is 2.70. The third-order valence-corrected chi connectivity index (χ3v) is 3.58. The summed E-state index contributed by atoms with van der Waals surface area (Å²) in [5.74, 6) is 0.585. The van der Waals surface area contributed by atoms with Gasteiger partial charge < -0.3 is 9.64 Å². The van der Waals surface area contributed by atoms with Crippen LogP contribution in [0.2, 0.25) is 0 Å². The minimum Gasteiger partial charge on any atom is -0.467 e. The van der Waals surface area contributed by atoms with Gasteiger partial charge in [-0.15, -0.1) is 0 Å². The average molecular weight is 241 g/mol. The molecule has 1 saturated heterocycles. The lowest BCUT2D eigenvalue weighted by Crippen LogP contribution is -2.45. The molecule has 16 heavy (non-hydrogen) atoms. The predicted octanol–water partition coefficient (Wildman–Crippen LogP) is 1.38. The lowest BCUT2D eigenvalue weighted by atomic mass is 10.0. The molecule has 0 spiro atoms. The second-order valence-corrected chi connectivity index (χ2v) is 4.58. The normalized spacial score (nSPS) is 20.9. The van der Waals surface area contributed by atoms with E-state index in [1.165, 1.54) is 18.6 Å². The first-order valence-electron chi connectivity index (χ1n) is 5.37. The summed E-state index contributed by atoms with van der Waals surface area (Å²) in [5.41, 5.74) is 0. The molecule has 5 nitrogen and oxygen atoms in total. The summed E-state index contributed by atoms with van der Waals surface area (Å²) in [4.78, 5) is 18.0. The van der Waals surface area contributed by atoms with E-state index in [0.717, 1.165) is 36.8 Å². The number of methoxy groups -OCH3 is 1. The highest BCUT2D eigenvalue weighted by Gasteiger charge is 2.31. The average Bonchev–Trinajstić information content (AvgIpc) is 2.75. The Balaban J connectivity index is 2.19. The van der Waals surface area contributed by atoms with Gasteiger partial charge in [0.15, 0.2) is 0 Å². The van der Waals surface area contributed by atoms with E-state index >= 15 is 0 Å². The van der Waals surface area contributed by atoms with Gasteiger partial charge in [-0.3, -0.25) is 0 Å². The van der Waals surface area contributed by atoms with Gasteiger partial charge in [0.05, 0.1) is 7.11 Å². The number of carbonyl (C=O) groups excluding carboxylic acids is 1. The number of hydrogen-bond acceptors (Lipinski definition) is 6. The van der Waals surface area contributed by atoms with Crippen molar-refractivity contribution in [3.63, 3.8) is 0 Å². The van der Waals surface area contributed by atoms with Crippen LogP contribution in [0.15, 0.2) is 0 Å². The lowest BCUT2D eigenvalue weighted by Gasteiger charge is -2.33. The monoisotopic (exact) mass is 241 g/mol. The summed E-state index contributed by atoms with van der Waals surface area (Å²) in [6.07, 6.45) is 2.99. The minimum absolute atomic E-state index is 0.174. The maximum Gasteiger partial charge on any atom is 0.328 e. The fraction of sp³-hybridized carbons (Fsp3) is 0.700. The Labute approximate surface area is 98.6 Å². The van der Waals surface area contributed by atoms with E-state index in [1.54, 1.807) is 0 Å². The molecule has 2 heterocycles. The Morgan fingerprint density at radius 1 is 1.56 bits per heavy atom. The summed E-state index contributed by atoms with van der Waals surface area (Å²) < 4.78 is 8.97. The number of carbonyl (C=O) groups is 1. The van der Waals surface area contributed by atoms with Crippen molar-refractivity contribution in [1.29, 1.82) is 0 Å². The molecule has 0 N–H and O–H groups in total. The Morgan fingerprint density at radius 2 is 2.38 bits per heavy atom. The van der Waals surface area contributed by atoms with Crippen molar-refractivity contribution in [2.75, 3.05) is 18.6 Å². The van der Waals surface area contributed by atoms with Gasteiger partial charge in [0.1, 0.15) is 11.9 Å². The first-order valence-corrected chi connectivity index (χ1v) is 6.14. The van der Waals surface area contributed by atoms with E-state index in [4.69, 9.17) is 4.74 Å². The van der Waals surface area contributed by atoms with Crippen molar-refractivity contribution >= 4 is 22.6 Å². The summed E-state index contributed by atoms with van der Waals surface area (Å²) in [7, 11) is 1.43. The molecule has 1 aromatic heterocycles.